The molecular weight excluding hydrogens is 323 g/mol. The highest BCUT2D eigenvalue weighted by Crippen LogP contribution is 2.31. The molecule has 8 heteroatoms. The molecule has 1 aromatic carbocycles. The number of benzene rings is 1. The van der Waals surface area contributed by atoms with E-state index in [-0.39, 0.29) is 13.1 Å². The van der Waals surface area contributed by atoms with E-state index < -0.39 is 36.4 Å². The van der Waals surface area contributed by atoms with Crippen LogP contribution in [0.3, 0.4) is 0 Å². The van der Waals surface area contributed by atoms with Gasteiger partial charge in [0.05, 0.1) is 5.56 Å². The molecule has 1 atom stereocenters. The smallest absolute Gasteiger partial charge is 0.368 e. The molecule has 1 aromatic rings. The Hall–Kier alpha value is -2.25. The number of halogens is 3. The Morgan fingerprint density at radius 1 is 1.25 bits per heavy atom. The maximum Gasteiger partial charge on any atom is 0.416 e. The number of anilines is 1. The number of carbonyl (C=O) groups excluding carboxylic acids is 2. The van der Waals surface area contributed by atoms with E-state index in [1.807, 2.05) is 0 Å². The lowest BCUT2D eigenvalue weighted by molar-refractivity contribution is -0.137. The molecule has 24 heavy (non-hydrogen) atoms. The van der Waals surface area contributed by atoms with Crippen LogP contribution in [0.5, 0.6) is 0 Å². The van der Waals surface area contributed by atoms with Crippen molar-refractivity contribution in [3.63, 3.8) is 0 Å². The summed E-state index contributed by atoms with van der Waals surface area (Å²) in [7, 11) is 0. The Morgan fingerprint density at radius 2 is 1.92 bits per heavy atom. The Balaban J connectivity index is 1.95. The molecule has 2 amide bonds. The monoisotopic (exact) mass is 346 g/mol. The summed E-state index contributed by atoms with van der Waals surface area (Å²) >= 11 is 0. The molecule has 0 aliphatic carbocycles. The fraction of sp³-hybridized carbons (Fsp3) is 0.500. The third kappa shape index (κ3) is 4.39. The SMILES string of the molecule is [2H]C([2H])([2H])C(=O)N[C@@H](C)C(=O)N1CCN(c2cccc(C(F)(F)F)c2)CC1. The molecule has 0 spiro atoms. The number of nitrogens with one attached hydrogen (secondary N) is 1. The van der Waals surface area contributed by atoms with Crippen LogP contribution in [-0.2, 0) is 15.8 Å². The van der Waals surface area contributed by atoms with Crippen molar-refractivity contribution in [2.75, 3.05) is 31.1 Å². The zero-order valence-electron chi connectivity index (χ0n) is 16.1. The summed E-state index contributed by atoms with van der Waals surface area (Å²) in [4.78, 5) is 27.0. The summed E-state index contributed by atoms with van der Waals surface area (Å²) in [5.41, 5.74) is -0.319. The summed E-state index contributed by atoms with van der Waals surface area (Å²) < 4.78 is 59.5. The van der Waals surface area contributed by atoms with Crippen LogP contribution in [0.2, 0.25) is 0 Å². The van der Waals surface area contributed by atoms with E-state index >= 15 is 0 Å². The molecule has 1 fully saturated rings. The van der Waals surface area contributed by atoms with Crippen molar-refractivity contribution >= 4 is 17.5 Å². The van der Waals surface area contributed by atoms with Crippen molar-refractivity contribution < 1.29 is 26.9 Å². The van der Waals surface area contributed by atoms with Gasteiger partial charge in [0.25, 0.3) is 0 Å². The predicted octanol–water partition coefficient (Wildman–Crippen LogP) is 1.88. The lowest BCUT2D eigenvalue weighted by Gasteiger charge is -2.37. The lowest BCUT2D eigenvalue weighted by Crippen LogP contribution is -2.54. The maximum atomic E-state index is 12.8. The van der Waals surface area contributed by atoms with E-state index in [0.29, 0.717) is 18.8 Å². The van der Waals surface area contributed by atoms with E-state index in [2.05, 4.69) is 5.32 Å². The van der Waals surface area contributed by atoms with E-state index in [4.69, 9.17) is 4.11 Å². The topological polar surface area (TPSA) is 52.7 Å². The van der Waals surface area contributed by atoms with E-state index in [1.165, 1.54) is 17.9 Å². The highest BCUT2D eigenvalue weighted by atomic mass is 19.4. The quantitative estimate of drug-likeness (QED) is 0.909. The van der Waals surface area contributed by atoms with Gasteiger partial charge in [0.15, 0.2) is 0 Å². The van der Waals surface area contributed by atoms with Crippen LogP contribution in [0.1, 0.15) is 23.5 Å². The standard InChI is InChI=1S/C16H20F3N3O2/c1-11(20-12(2)23)15(24)22-8-6-21(7-9-22)14-5-3-4-13(10-14)16(17,18)19/h3-5,10-11H,6-9H2,1-2H3,(H,20,23)/t11-/m0/s1/i2D3. The molecular formula is C16H20F3N3O2. The Labute approximate surface area is 142 Å². The summed E-state index contributed by atoms with van der Waals surface area (Å²) in [5.74, 6) is -1.64. The summed E-state index contributed by atoms with van der Waals surface area (Å²) in [6.45, 7) is -0.284. The van der Waals surface area contributed by atoms with Crippen molar-refractivity contribution in [2.45, 2.75) is 26.0 Å². The molecule has 0 radical (unpaired) electrons. The molecule has 0 unspecified atom stereocenters. The fourth-order valence-corrected chi connectivity index (χ4v) is 2.60. The molecule has 1 saturated heterocycles. The number of hydrogen-bond acceptors (Lipinski definition) is 3. The van der Waals surface area contributed by atoms with Crippen molar-refractivity contribution in [1.82, 2.24) is 10.2 Å². The fourth-order valence-electron chi connectivity index (χ4n) is 2.60. The second-order valence-electron chi connectivity index (χ2n) is 5.56. The average molecular weight is 346 g/mol. The van der Waals surface area contributed by atoms with Gasteiger partial charge >= 0.3 is 6.18 Å². The van der Waals surface area contributed by atoms with Gasteiger partial charge in [-0.25, -0.2) is 0 Å². The largest absolute Gasteiger partial charge is 0.416 e. The van der Waals surface area contributed by atoms with Crippen LogP contribution in [0, 0.1) is 0 Å². The van der Waals surface area contributed by atoms with Crippen LogP contribution < -0.4 is 10.2 Å². The Bertz CT molecular complexity index is 702. The van der Waals surface area contributed by atoms with Gasteiger partial charge in [0, 0.05) is 42.8 Å². The van der Waals surface area contributed by atoms with E-state index in [1.54, 1.807) is 11.0 Å². The van der Waals surface area contributed by atoms with Gasteiger partial charge in [-0.3, -0.25) is 9.59 Å². The first-order valence-electron chi connectivity index (χ1n) is 8.91. The van der Waals surface area contributed by atoms with Crippen LogP contribution in [0.25, 0.3) is 0 Å². The first kappa shape index (κ1) is 14.1. The van der Waals surface area contributed by atoms with Crippen molar-refractivity contribution in [2.24, 2.45) is 0 Å². The maximum absolute atomic E-state index is 12.8. The average Bonchev–Trinajstić information content (AvgIpc) is 2.59. The minimum Gasteiger partial charge on any atom is -0.368 e. The zero-order chi connectivity index (χ0) is 20.4. The van der Waals surface area contributed by atoms with Gasteiger partial charge in [-0.05, 0) is 25.1 Å². The third-order valence-corrected chi connectivity index (χ3v) is 3.85. The summed E-state index contributed by atoms with van der Waals surface area (Å²) in [6.07, 6.45) is -4.43. The molecule has 5 nitrogen and oxygen atoms in total. The van der Waals surface area contributed by atoms with Gasteiger partial charge in [0.2, 0.25) is 11.8 Å². The van der Waals surface area contributed by atoms with Crippen molar-refractivity contribution in [1.29, 1.82) is 0 Å². The lowest BCUT2D eigenvalue weighted by atomic mass is 10.1. The number of alkyl halides is 3. The van der Waals surface area contributed by atoms with Crippen molar-refractivity contribution in [3.8, 4) is 0 Å². The molecule has 0 aromatic heterocycles. The number of carbonyl (C=O) groups is 2. The second kappa shape index (κ2) is 7.11. The van der Waals surface area contributed by atoms with Crippen molar-refractivity contribution in [3.05, 3.63) is 29.8 Å². The predicted molar refractivity (Wildman–Crippen MR) is 83.5 cm³/mol. The third-order valence-electron chi connectivity index (χ3n) is 3.85. The minimum atomic E-state index is -4.43. The van der Waals surface area contributed by atoms with Crippen LogP contribution >= 0.6 is 0 Å². The van der Waals surface area contributed by atoms with Crippen LogP contribution in [0.4, 0.5) is 18.9 Å². The van der Waals surface area contributed by atoms with E-state index in [0.717, 1.165) is 12.1 Å². The van der Waals surface area contributed by atoms with Gasteiger partial charge in [-0.2, -0.15) is 13.2 Å². The molecule has 1 aliphatic rings. The molecule has 1 N–H and O–H groups in total. The molecule has 2 rings (SSSR count). The van der Waals surface area contributed by atoms with Gasteiger partial charge in [0.1, 0.15) is 6.04 Å². The van der Waals surface area contributed by atoms with Gasteiger partial charge < -0.3 is 15.1 Å². The van der Waals surface area contributed by atoms with Gasteiger partial charge in [-0.15, -0.1) is 0 Å². The molecule has 132 valence electrons. The Kier molecular flexibility index (Phi) is 4.18. The first-order valence-corrected chi connectivity index (χ1v) is 7.41. The van der Waals surface area contributed by atoms with E-state index in [9.17, 15) is 22.8 Å². The first-order chi connectivity index (χ1) is 12.4. The summed E-state index contributed by atoms with van der Waals surface area (Å²) in [6, 6.07) is 3.97. The normalized spacial score (nSPS) is 19.1. The number of nitrogens with zero attached hydrogens (tertiary/aromatic N) is 2. The number of piperazine rings is 1. The molecule has 0 bridgehead atoms. The Morgan fingerprint density at radius 3 is 2.50 bits per heavy atom. The summed E-state index contributed by atoms with van der Waals surface area (Å²) in [5, 5.41) is 2.15. The number of amides is 2. The molecule has 0 saturated carbocycles. The zero-order valence-corrected chi connectivity index (χ0v) is 13.1. The molecule has 1 aliphatic heterocycles. The number of hydrogen-bond donors (Lipinski definition) is 1. The minimum absolute atomic E-state index is 0.253. The highest BCUT2D eigenvalue weighted by molar-refractivity contribution is 5.86. The second-order valence-corrected chi connectivity index (χ2v) is 5.56. The molecule has 1 heterocycles. The van der Waals surface area contributed by atoms with Crippen LogP contribution in [0.15, 0.2) is 24.3 Å². The number of rotatable bonds is 3. The highest BCUT2D eigenvalue weighted by Gasteiger charge is 2.31. The van der Waals surface area contributed by atoms with Crippen LogP contribution in [-0.4, -0.2) is 48.9 Å². The van der Waals surface area contributed by atoms with Gasteiger partial charge in [-0.1, -0.05) is 6.07 Å².